The average molecular weight is 223 g/mol. The molecule has 0 bridgehead atoms. The molecule has 0 aliphatic heterocycles. The molecule has 0 aliphatic rings. The molecule has 3 N–H and O–H groups in total. The average Bonchev–Trinajstić information content (AvgIpc) is 2.29. The van der Waals surface area contributed by atoms with Gasteiger partial charge in [0.15, 0.2) is 0 Å². The summed E-state index contributed by atoms with van der Waals surface area (Å²) in [5.41, 5.74) is 0.542. The number of nitrogens with one attached hydrogen (secondary N) is 1. The third-order valence-electron chi connectivity index (χ3n) is 2.25. The minimum absolute atomic E-state index is 0.135. The van der Waals surface area contributed by atoms with Gasteiger partial charge in [0.2, 0.25) is 0 Å². The molecule has 16 heavy (non-hydrogen) atoms. The van der Waals surface area contributed by atoms with E-state index in [4.69, 9.17) is 10.2 Å². The van der Waals surface area contributed by atoms with Crippen LogP contribution < -0.4 is 5.32 Å². The quantitative estimate of drug-likeness (QED) is 0.636. The van der Waals surface area contributed by atoms with E-state index in [2.05, 4.69) is 5.32 Å². The van der Waals surface area contributed by atoms with Gasteiger partial charge in [-0.15, -0.1) is 0 Å². The van der Waals surface area contributed by atoms with Gasteiger partial charge in [-0.2, -0.15) is 0 Å². The van der Waals surface area contributed by atoms with Gasteiger partial charge in [-0.05, 0) is 43.5 Å². The molecular weight excluding hydrogens is 206 g/mol. The molecule has 0 aromatic heterocycles. The number of rotatable bonds is 6. The first-order chi connectivity index (χ1) is 7.74. The fourth-order valence-electron chi connectivity index (χ4n) is 1.33. The number of carbonyl (C=O) groups is 1. The third kappa shape index (κ3) is 4.31. The van der Waals surface area contributed by atoms with Crippen LogP contribution in [0.1, 0.15) is 29.6 Å². The number of unbranched alkanes of at least 4 members (excludes halogenated alkanes) is 2. The van der Waals surface area contributed by atoms with Crippen molar-refractivity contribution in [2.45, 2.75) is 19.3 Å². The van der Waals surface area contributed by atoms with Crippen molar-refractivity contribution in [3.63, 3.8) is 0 Å². The summed E-state index contributed by atoms with van der Waals surface area (Å²) in [6, 6.07) is 6.14. The zero-order chi connectivity index (χ0) is 11.8. The molecule has 0 unspecified atom stereocenters. The SMILES string of the molecule is O=C(NCCCCCO)c1ccc(O)cc1. The second kappa shape index (κ2) is 6.85. The van der Waals surface area contributed by atoms with Crippen molar-refractivity contribution in [3.8, 4) is 5.75 Å². The molecule has 0 saturated carbocycles. The van der Waals surface area contributed by atoms with Crippen molar-refractivity contribution < 1.29 is 15.0 Å². The molecule has 0 fully saturated rings. The molecule has 0 heterocycles. The Hall–Kier alpha value is -1.55. The van der Waals surface area contributed by atoms with Crippen LogP contribution in [0.3, 0.4) is 0 Å². The van der Waals surface area contributed by atoms with E-state index < -0.39 is 0 Å². The van der Waals surface area contributed by atoms with Crippen LogP contribution in [0.15, 0.2) is 24.3 Å². The minimum Gasteiger partial charge on any atom is -0.508 e. The highest BCUT2D eigenvalue weighted by Gasteiger charge is 2.03. The summed E-state index contributed by atoms with van der Waals surface area (Å²) in [7, 11) is 0. The molecule has 88 valence electrons. The lowest BCUT2D eigenvalue weighted by molar-refractivity contribution is 0.0953. The zero-order valence-electron chi connectivity index (χ0n) is 9.15. The predicted octanol–water partition coefficient (Wildman–Crippen LogP) is 1.28. The highest BCUT2D eigenvalue weighted by molar-refractivity contribution is 5.94. The van der Waals surface area contributed by atoms with Gasteiger partial charge < -0.3 is 15.5 Å². The van der Waals surface area contributed by atoms with E-state index in [-0.39, 0.29) is 18.3 Å². The number of aromatic hydroxyl groups is 1. The second-order valence-corrected chi connectivity index (χ2v) is 3.59. The van der Waals surface area contributed by atoms with Crippen molar-refractivity contribution in [2.75, 3.05) is 13.2 Å². The van der Waals surface area contributed by atoms with Crippen LogP contribution in [-0.2, 0) is 0 Å². The van der Waals surface area contributed by atoms with E-state index in [0.717, 1.165) is 19.3 Å². The number of phenols is 1. The van der Waals surface area contributed by atoms with Gasteiger partial charge in [-0.25, -0.2) is 0 Å². The number of hydrogen-bond donors (Lipinski definition) is 3. The van der Waals surface area contributed by atoms with Crippen LogP contribution in [0.5, 0.6) is 5.75 Å². The lowest BCUT2D eigenvalue weighted by Gasteiger charge is -2.04. The monoisotopic (exact) mass is 223 g/mol. The van der Waals surface area contributed by atoms with Gasteiger partial charge in [-0.1, -0.05) is 0 Å². The summed E-state index contributed by atoms with van der Waals surface area (Å²) in [6.07, 6.45) is 2.55. The summed E-state index contributed by atoms with van der Waals surface area (Å²) < 4.78 is 0. The van der Waals surface area contributed by atoms with Gasteiger partial charge in [0, 0.05) is 18.7 Å². The summed E-state index contributed by atoms with van der Waals surface area (Å²) in [5, 5.41) is 20.4. The lowest BCUT2D eigenvalue weighted by Crippen LogP contribution is -2.24. The Morgan fingerprint density at radius 2 is 1.81 bits per heavy atom. The van der Waals surface area contributed by atoms with Crippen molar-refractivity contribution in [1.29, 1.82) is 0 Å². The van der Waals surface area contributed by atoms with Crippen molar-refractivity contribution >= 4 is 5.91 Å². The van der Waals surface area contributed by atoms with Crippen LogP contribution in [0, 0.1) is 0 Å². The number of amides is 1. The Labute approximate surface area is 94.9 Å². The van der Waals surface area contributed by atoms with Gasteiger partial charge >= 0.3 is 0 Å². The van der Waals surface area contributed by atoms with Crippen LogP contribution in [0.4, 0.5) is 0 Å². The van der Waals surface area contributed by atoms with Crippen molar-refractivity contribution in [1.82, 2.24) is 5.32 Å². The highest BCUT2D eigenvalue weighted by atomic mass is 16.3. The van der Waals surface area contributed by atoms with E-state index in [1.165, 1.54) is 12.1 Å². The first kappa shape index (κ1) is 12.5. The van der Waals surface area contributed by atoms with E-state index in [1.807, 2.05) is 0 Å². The minimum atomic E-state index is -0.135. The molecule has 1 rings (SSSR count). The van der Waals surface area contributed by atoms with Crippen LogP contribution >= 0.6 is 0 Å². The number of aliphatic hydroxyl groups is 1. The highest BCUT2D eigenvalue weighted by Crippen LogP contribution is 2.09. The summed E-state index contributed by atoms with van der Waals surface area (Å²) in [6.45, 7) is 0.811. The Morgan fingerprint density at radius 3 is 2.44 bits per heavy atom. The van der Waals surface area contributed by atoms with Gasteiger partial charge in [0.1, 0.15) is 5.75 Å². The maximum absolute atomic E-state index is 11.5. The molecule has 0 atom stereocenters. The van der Waals surface area contributed by atoms with Gasteiger partial charge in [-0.3, -0.25) is 4.79 Å². The molecule has 4 heteroatoms. The van der Waals surface area contributed by atoms with Crippen molar-refractivity contribution in [3.05, 3.63) is 29.8 Å². The topological polar surface area (TPSA) is 69.6 Å². The first-order valence-corrected chi connectivity index (χ1v) is 5.42. The standard InChI is InChI=1S/C12H17NO3/c14-9-3-1-2-8-13-12(16)10-4-6-11(15)7-5-10/h4-7,14-15H,1-3,8-9H2,(H,13,16). The maximum Gasteiger partial charge on any atom is 0.251 e. The van der Waals surface area contributed by atoms with Crippen LogP contribution in [-0.4, -0.2) is 29.3 Å². The molecule has 1 amide bonds. The molecule has 1 aromatic rings. The normalized spacial score (nSPS) is 10.1. The molecule has 1 aromatic carbocycles. The van der Waals surface area contributed by atoms with Gasteiger partial charge in [0.05, 0.1) is 0 Å². The van der Waals surface area contributed by atoms with Gasteiger partial charge in [0.25, 0.3) is 5.91 Å². The summed E-state index contributed by atoms with van der Waals surface area (Å²) >= 11 is 0. The number of aliphatic hydroxyl groups excluding tert-OH is 1. The fourth-order valence-corrected chi connectivity index (χ4v) is 1.33. The molecular formula is C12H17NO3. The van der Waals surface area contributed by atoms with Crippen LogP contribution in [0.25, 0.3) is 0 Å². The largest absolute Gasteiger partial charge is 0.508 e. The second-order valence-electron chi connectivity index (χ2n) is 3.59. The van der Waals surface area contributed by atoms with E-state index in [1.54, 1.807) is 12.1 Å². The molecule has 4 nitrogen and oxygen atoms in total. The Kier molecular flexibility index (Phi) is 5.36. The molecule has 0 spiro atoms. The van der Waals surface area contributed by atoms with Crippen LogP contribution in [0.2, 0.25) is 0 Å². The van der Waals surface area contributed by atoms with E-state index in [0.29, 0.717) is 12.1 Å². The number of hydrogen-bond acceptors (Lipinski definition) is 3. The van der Waals surface area contributed by atoms with E-state index in [9.17, 15) is 4.79 Å². The first-order valence-electron chi connectivity index (χ1n) is 5.42. The Bertz CT molecular complexity index is 322. The number of carbonyl (C=O) groups excluding carboxylic acids is 1. The van der Waals surface area contributed by atoms with Crippen molar-refractivity contribution in [2.24, 2.45) is 0 Å². The molecule has 0 saturated heterocycles. The Balaban J connectivity index is 2.27. The third-order valence-corrected chi connectivity index (χ3v) is 2.25. The lowest BCUT2D eigenvalue weighted by atomic mass is 10.2. The predicted molar refractivity (Wildman–Crippen MR) is 61.4 cm³/mol. The fraction of sp³-hybridized carbons (Fsp3) is 0.417. The smallest absolute Gasteiger partial charge is 0.251 e. The summed E-state index contributed by atoms with van der Waals surface area (Å²) in [5.74, 6) is 0.0171. The molecule has 0 aliphatic carbocycles. The number of phenolic OH excluding ortho intramolecular Hbond substituents is 1. The summed E-state index contributed by atoms with van der Waals surface area (Å²) in [4.78, 5) is 11.5. The molecule has 0 radical (unpaired) electrons. The van der Waals surface area contributed by atoms with E-state index >= 15 is 0 Å². The Morgan fingerprint density at radius 1 is 1.12 bits per heavy atom. The number of benzene rings is 1. The zero-order valence-corrected chi connectivity index (χ0v) is 9.15. The maximum atomic E-state index is 11.5.